The van der Waals surface area contributed by atoms with Crippen LogP contribution in [0.1, 0.15) is 12.5 Å². The second-order valence-electron chi connectivity index (χ2n) is 7.72. The maximum Gasteiger partial charge on any atom is 0.250 e. The number of hydrogen-bond acceptors (Lipinski definition) is 11. The molecule has 33 heavy (non-hydrogen) atoms. The number of ether oxygens (including phenoxy) is 2. The molecule has 2 saturated heterocycles. The van der Waals surface area contributed by atoms with Crippen molar-refractivity contribution in [1.29, 1.82) is 0 Å². The van der Waals surface area contributed by atoms with Crippen LogP contribution in [0, 0.1) is 0 Å². The quantitative estimate of drug-likeness (QED) is 0.435. The first-order valence-corrected chi connectivity index (χ1v) is 12.6. The summed E-state index contributed by atoms with van der Waals surface area (Å²) < 4.78 is 36.1. The number of benzene rings is 1. The van der Waals surface area contributed by atoms with Crippen LogP contribution in [-0.2, 0) is 19.5 Å². The van der Waals surface area contributed by atoms with E-state index in [-0.39, 0.29) is 0 Å². The average molecular weight is 477 g/mol. The summed E-state index contributed by atoms with van der Waals surface area (Å²) >= 11 is 0. The molecule has 0 atom stereocenters. The van der Waals surface area contributed by atoms with Gasteiger partial charge in [-0.15, -0.1) is 0 Å². The molecule has 0 bridgehead atoms. The second-order valence-corrected chi connectivity index (χ2v) is 9.47. The molecule has 178 valence electrons. The molecular formula is C20H28N8O4S. The van der Waals surface area contributed by atoms with Gasteiger partial charge in [-0.25, -0.2) is 13.8 Å². The predicted octanol–water partition coefficient (Wildman–Crippen LogP) is 0.752. The molecule has 0 spiro atoms. The molecule has 0 unspecified atom stereocenters. The van der Waals surface area contributed by atoms with Gasteiger partial charge in [-0.1, -0.05) is 12.1 Å². The summed E-state index contributed by atoms with van der Waals surface area (Å²) in [5, 5.41) is 4.43. The van der Waals surface area contributed by atoms with Gasteiger partial charge in [0.2, 0.25) is 27.9 Å². The first kappa shape index (κ1) is 23.1. The van der Waals surface area contributed by atoms with Gasteiger partial charge >= 0.3 is 0 Å². The van der Waals surface area contributed by atoms with Crippen LogP contribution in [-0.4, -0.2) is 87.9 Å². The Morgan fingerprint density at radius 3 is 1.91 bits per heavy atom. The predicted molar refractivity (Wildman–Crippen MR) is 127 cm³/mol. The van der Waals surface area contributed by atoms with Gasteiger partial charge in [0, 0.05) is 31.9 Å². The standard InChI is InChI=1S/C20H28N8O4S/c1-15(16-3-5-17(6-4-16)26-33(2,29)30)24-25-18-21-19(27-7-11-31-12-8-27)23-20(22-18)28-9-13-32-14-10-28/h3-6,26H,7-14H2,1-2H3,(H,21,22,23,25)/b24-15+. The molecule has 4 rings (SSSR count). The molecule has 2 aliphatic heterocycles. The SMILES string of the molecule is C/C(=N\Nc1nc(N2CCOCC2)nc(N2CCOCC2)n1)c1ccc(NS(C)(=O)=O)cc1. The lowest BCUT2D eigenvalue weighted by molar-refractivity contribution is 0.121. The Kier molecular flexibility index (Phi) is 7.20. The third kappa shape index (κ3) is 6.49. The zero-order chi connectivity index (χ0) is 23.3. The molecule has 1 aromatic carbocycles. The number of hydrazone groups is 1. The lowest BCUT2D eigenvalue weighted by Gasteiger charge is -2.30. The fraction of sp³-hybridized carbons (Fsp3) is 0.500. The average Bonchev–Trinajstić information content (AvgIpc) is 2.83. The topological polar surface area (TPSA) is 134 Å². The Morgan fingerprint density at radius 2 is 1.42 bits per heavy atom. The highest BCUT2D eigenvalue weighted by molar-refractivity contribution is 7.92. The van der Waals surface area contributed by atoms with E-state index in [0.717, 1.165) is 11.8 Å². The molecule has 12 nitrogen and oxygen atoms in total. The highest BCUT2D eigenvalue weighted by Crippen LogP contribution is 2.19. The number of nitrogens with zero attached hydrogens (tertiary/aromatic N) is 6. The summed E-state index contributed by atoms with van der Waals surface area (Å²) in [5.74, 6) is 1.52. The molecule has 0 aliphatic carbocycles. The molecular weight excluding hydrogens is 448 g/mol. The van der Waals surface area contributed by atoms with Crippen molar-refractivity contribution < 1.29 is 17.9 Å². The van der Waals surface area contributed by atoms with Crippen LogP contribution in [0.15, 0.2) is 29.4 Å². The molecule has 2 fully saturated rings. The molecule has 2 N–H and O–H groups in total. The van der Waals surface area contributed by atoms with Crippen LogP contribution in [0.25, 0.3) is 0 Å². The van der Waals surface area contributed by atoms with Gasteiger partial charge in [0.25, 0.3) is 0 Å². The first-order valence-electron chi connectivity index (χ1n) is 10.7. The molecule has 0 radical (unpaired) electrons. The van der Waals surface area contributed by atoms with E-state index in [2.05, 4.69) is 40.0 Å². The highest BCUT2D eigenvalue weighted by atomic mass is 32.2. The summed E-state index contributed by atoms with van der Waals surface area (Å²) in [7, 11) is -3.32. The summed E-state index contributed by atoms with van der Waals surface area (Å²) in [4.78, 5) is 18.0. The van der Waals surface area contributed by atoms with E-state index in [1.54, 1.807) is 24.3 Å². The number of anilines is 4. The van der Waals surface area contributed by atoms with E-state index in [1.165, 1.54) is 0 Å². The van der Waals surface area contributed by atoms with E-state index >= 15 is 0 Å². The maximum atomic E-state index is 11.4. The number of sulfonamides is 1. The van der Waals surface area contributed by atoms with Crippen molar-refractivity contribution in [3.63, 3.8) is 0 Å². The number of nitrogens with one attached hydrogen (secondary N) is 2. The minimum Gasteiger partial charge on any atom is -0.378 e. The summed E-state index contributed by atoms with van der Waals surface area (Å²) in [6.07, 6.45) is 1.11. The first-order chi connectivity index (χ1) is 15.9. The van der Waals surface area contributed by atoms with Gasteiger partial charge in [0.05, 0.1) is 38.4 Å². The van der Waals surface area contributed by atoms with Crippen LogP contribution in [0.3, 0.4) is 0 Å². The lowest BCUT2D eigenvalue weighted by atomic mass is 10.1. The Hall–Kier alpha value is -3.03. The van der Waals surface area contributed by atoms with Gasteiger partial charge in [-0.2, -0.15) is 20.1 Å². The Bertz CT molecular complexity index is 1050. The van der Waals surface area contributed by atoms with Crippen LogP contribution < -0.4 is 19.9 Å². The molecule has 2 aromatic rings. The maximum absolute atomic E-state index is 11.4. The number of morpholine rings is 2. The van der Waals surface area contributed by atoms with Crippen molar-refractivity contribution >= 4 is 39.3 Å². The largest absolute Gasteiger partial charge is 0.378 e. The Balaban J connectivity index is 1.53. The van der Waals surface area contributed by atoms with Gasteiger partial charge in [-0.05, 0) is 24.6 Å². The number of rotatable bonds is 7. The number of hydrogen-bond donors (Lipinski definition) is 2. The van der Waals surface area contributed by atoms with Crippen LogP contribution >= 0.6 is 0 Å². The second kappa shape index (κ2) is 10.3. The summed E-state index contributed by atoms with van der Waals surface area (Å²) in [6, 6.07) is 6.95. The van der Waals surface area contributed by atoms with Crippen molar-refractivity contribution in [2.75, 3.05) is 78.8 Å². The fourth-order valence-corrected chi connectivity index (χ4v) is 3.97. The minimum absolute atomic E-state index is 0.350. The zero-order valence-electron chi connectivity index (χ0n) is 18.7. The molecule has 0 saturated carbocycles. The van der Waals surface area contributed by atoms with E-state index in [0.29, 0.717) is 81.9 Å². The summed E-state index contributed by atoms with van der Waals surface area (Å²) in [6.45, 7) is 7.20. The van der Waals surface area contributed by atoms with Gasteiger partial charge in [0.15, 0.2) is 0 Å². The fourth-order valence-electron chi connectivity index (χ4n) is 3.41. The molecule has 3 heterocycles. The molecule has 2 aliphatic rings. The Morgan fingerprint density at radius 1 is 0.909 bits per heavy atom. The van der Waals surface area contributed by atoms with Crippen LogP contribution in [0.2, 0.25) is 0 Å². The summed E-state index contributed by atoms with van der Waals surface area (Å²) in [5.41, 5.74) is 4.97. The van der Waals surface area contributed by atoms with E-state index < -0.39 is 10.0 Å². The van der Waals surface area contributed by atoms with Crippen molar-refractivity contribution in [1.82, 2.24) is 15.0 Å². The molecule has 1 aromatic heterocycles. The van der Waals surface area contributed by atoms with Gasteiger partial charge in [-0.3, -0.25) is 4.72 Å². The monoisotopic (exact) mass is 476 g/mol. The third-order valence-electron chi connectivity index (χ3n) is 5.13. The van der Waals surface area contributed by atoms with E-state index in [1.807, 2.05) is 6.92 Å². The van der Waals surface area contributed by atoms with Gasteiger partial charge < -0.3 is 19.3 Å². The highest BCUT2D eigenvalue weighted by Gasteiger charge is 2.20. The third-order valence-corrected chi connectivity index (χ3v) is 5.74. The van der Waals surface area contributed by atoms with E-state index in [9.17, 15) is 8.42 Å². The van der Waals surface area contributed by atoms with Crippen LogP contribution in [0.4, 0.5) is 23.5 Å². The lowest BCUT2D eigenvalue weighted by Crippen LogP contribution is -2.40. The Labute approximate surface area is 193 Å². The normalized spacial score (nSPS) is 17.7. The zero-order valence-corrected chi connectivity index (χ0v) is 19.5. The van der Waals surface area contributed by atoms with Crippen LogP contribution in [0.5, 0.6) is 0 Å². The van der Waals surface area contributed by atoms with Gasteiger partial charge in [0.1, 0.15) is 0 Å². The van der Waals surface area contributed by atoms with Crippen molar-refractivity contribution in [2.24, 2.45) is 5.10 Å². The molecule has 0 amide bonds. The van der Waals surface area contributed by atoms with Crippen molar-refractivity contribution in [3.8, 4) is 0 Å². The van der Waals surface area contributed by atoms with Crippen molar-refractivity contribution in [3.05, 3.63) is 29.8 Å². The van der Waals surface area contributed by atoms with E-state index in [4.69, 9.17) is 9.47 Å². The van der Waals surface area contributed by atoms with Crippen molar-refractivity contribution in [2.45, 2.75) is 6.92 Å². The smallest absolute Gasteiger partial charge is 0.250 e. The molecule has 13 heteroatoms. The number of aromatic nitrogens is 3. The minimum atomic E-state index is -3.32.